The number of carbonyl (C=O) groups is 1. The fourth-order valence-corrected chi connectivity index (χ4v) is 3.54. The van der Waals surface area contributed by atoms with Gasteiger partial charge in [-0.25, -0.2) is 8.78 Å². The molecule has 0 radical (unpaired) electrons. The highest BCUT2D eigenvalue weighted by Gasteiger charge is 2.47. The van der Waals surface area contributed by atoms with Gasteiger partial charge in [0.05, 0.1) is 24.6 Å². The van der Waals surface area contributed by atoms with Gasteiger partial charge >= 0.3 is 0 Å². The van der Waals surface area contributed by atoms with Crippen molar-refractivity contribution < 1.29 is 28.3 Å². The van der Waals surface area contributed by atoms with Gasteiger partial charge in [0.15, 0.2) is 11.5 Å². The van der Waals surface area contributed by atoms with Crippen molar-refractivity contribution in [3.63, 3.8) is 0 Å². The number of benzene rings is 1. The summed E-state index contributed by atoms with van der Waals surface area (Å²) in [5.41, 5.74) is -1.04. The van der Waals surface area contributed by atoms with Gasteiger partial charge in [-0.2, -0.15) is 11.8 Å². The largest absolute Gasteiger partial charge is 0.504 e. The van der Waals surface area contributed by atoms with Crippen LogP contribution in [0.25, 0.3) is 0 Å². The van der Waals surface area contributed by atoms with Crippen molar-refractivity contribution in [2.24, 2.45) is 0 Å². The first kappa shape index (κ1) is 19.2. The maximum atomic E-state index is 13.8. The maximum absolute atomic E-state index is 13.8. The fourth-order valence-electron chi connectivity index (χ4n) is 2.74. The van der Waals surface area contributed by atoms with Crippen molar-refractivity contribution in [2.75, 3.05) is 25.2 Å². The molecule has 2 rings (SSSR count). The Balaban J connectivity index is 2.42. The Morgan fingerprint density at radius 3 is 2.80 bits per heavy atom. The van der Waals surface area contributed by atoms with Crippen molar-refractivity contribution in [3.8, 4) is 11.5 Å². The van der Waals surface area contributed by atoms with Gasteiger partial charge in [0.2, 0.25) is 0 Å². The second-order valence-corrected chi connectivity index (χ2v) is 6.92. The van der Waals surface area contributed by atoms with Gasteiger partial charge in [-0.05, 0) is 5.75 Å². The Morgan fingerprint density at radius 2 is 2.24 bits per heavy atom. The molecule has 1 N–H and O–H groups in total. The number of alkyl halides is 2. The highest BCUT2D eigenvalue weighted by atomic mass is 32.2. The Kier molecular flexibility index (Phi) is 5.71. The molecule has 10 heteroatoms. The second-order valence-electron chi connectivity index (χ2n) is 5.60. The minimum Gasteiger partial charge on any atom is -0.504 e. The van der Waals surface area contributed by atoms with E-state index in [2.05, 4.69) is 0 Å². The van der Waals surface area contributed by atoms with Crippen molar-refractivity contribution in [1.29, 1.82) is 0 Å². The normalized spacial score (nSPS) is 19.0. The third-order valence-electron chi connectivity index (χ3n) is 3.88. The average Bonchev–Trinajstić information content (AvgIpc) is 2.86. The summed E-state index contributed by atoms with van der Waals surface area (Å²) in [6, 6.07) is 1.08. The predicted octanol–water partition coefficient (Wildman–Crippen LogP) is 2.91. The summed E-state index contributed by atoms with van der Waals surface area (Å²) in [6.07, 6.45) is -0.477. The van der Waals surface area contributed by atoms with E-state index in [4.69, 9.17) is 4.74 Å². The standard InChI is InChI=1S/C15H18F2N2O5S/c1-3-25-7-9-6-15(16,17)8-18(9)14(21)10-4-13(24-2)12(20)5-11(10)19(22)23/h4-5,9,20H,3,6-8H2,1-2H3/t9-/m0/s1. The summed E-state index contributed by atoms with van der Waals surface area (Å²) in [4.78, 5) is 24.1. The van der Waals surface area contributed by atoms with Crippen LogP contribution >= 0.6 is 11.8 Å². The molecule has 1 aromatic carbocycles. The molecule has 1 aliphatic heterocycles. The lowest BCUT2D eigenvalue weighted by Gasteiger charge is -2.23. The lowest BCUT2D eigenvalue weighted by Crippen LogP contribution is -2.38. The molecule has 1 atom stereocenters. The first-order chi connectivity index (χ1) is 11.7. The summed E-state index contributed by atoms with van der Waals surface area (Å²) in [5.74, 6) is -3.53. The molecule has 1 fully saturated rings. The molecule has 7 nitrogen and oxygen atoms in total. The van der Waals surface area contributed by atoms with Gasteiger partial charge in [0, 0.05) is 24.3 Å². The number of rotatable bonds is 6. The number of phenols is 1. The highest BCUT2D eigenvalue weighted by Crippen LogP contribution is 2.38. The molecule has 0 aliphatic carbocycles. The number of likely N-dealkylation sites (tertiary alicyclic amines) is 1. The van der Waals surface area contributed by atoms with Crippen molar-refractivity contribution in [2.45, 2.75) is 25.3 Å². The molecule has 0 unspecified atom stereocenters. The Labute approximate surface area is 147 Å². The van der Waals surface area contributed by atoms with Crippen LogP contribution in [0, 0.1) is 10.1 Å². The zero-order chi connectivity index (χ0) is 18.8. The van der Waals surface area contributed by atoms with Gasteiger partial charge in [-0.15, -0.1) is 0 Å². The first-order valence-electron chi connectivity index (χ1n) is 7.52. The van der Waals surface area contributed by atoms with Crippen LogP contribution in [0.15, 0.2) is 12.1 Å². The number of hydrogen-bond donors (Lipinski definition) is 1. The molecule has 1 aromatic rings. The number of hydrogen-bond acceptors (Lipinski definition) is 6. The molecule has 1 saturated heterocycles. The third kappa shape index (κ3) is 4.12. The summed E-state index contributed by atoms with van der Waals surface area (Å²) >= 11 is 1.42. The molecular weight excluding hydrogens is 358 g/mol. The van der Waals surface area contributed by atoms with Crippen LogP contribution in [0.1, 0.15) is 23.7 Å². The number of nitro benzene ring substituents is 1. The highest BCUT2D eigenvalue weighted by molar-refractivity contribution is 7.99. The topological polar surface area (TPSA) is 92.9 Å². The summed E-state index contributed by atoms with van der Waals surface area (Å²) in [6.45, 7) is 1.08. The van der Waals surface area contributed by atoms with Crippen molar-refractivity contribution in [3.05, 3.63) is 27.8 Å². The van der Waals surface area contributed by atoms with Crippen LogP contribution in [0.2, 0.25) is 0 Å². The minimum absolute atomic E-state index is 0.139. The number of phenolic OH excluding ortho intramolecular Hbond substituents is 1. The summed E-state index contributed by atoms with van der Waals surface area (Å²) < 4.78 is 32.5. The second kappa shape index (κ2) is 7.42. The Morgan fingerprint density at radius 1 is 1.56 bits per heavy atom. The molecular formula is C15H18F2N2O5S. The molecule has 1 amide bonds. The quantitative estimate of drug-likeness (QED) is 0.606. The maximum Gasteiger partial charge on any atom is 0.286 e. The molecule has 0 aromatic heterocycles. The SMILES string of the molecule is CCSC[C@@H]1CC(F)(F)CN1C(=O)c1cc(OC)c(O)cc1[N+](=O)[O-]. The summed E-state index contributed by atoms with van der Waals surface area (Å²) in [7, 11) is 1.22. The van der Waals surface area contributed by atoms with Crippen molar-refractivity contribution >= 4 is 23.4 Å². The van der Waals surface area contributed by atoms with Crippen LogP contribution in [0.5, 0.6) is 11.5 Å². The minimum atomic E-state index is -3.04. The van der Waals surface area contributed by atoms with Gasteiger partial charge in [0.1, 0.15) is 5.56 Å². The van der Waals surface area contributed by atoms with E-state index in [0.717, 1.165) is 17.0 Å². The van der Waals surface area contributed by atoms with E-state index < -0.39 is 47.2 Å². The monoisotopic (exact) mass is 376 g/mol. The van der Waals surface area contributed by atoms with Gasteiger partial charge in [-0.1, -0.05) is 6.92 Å². The van der Waals surface area contributed by atoms with Gasteiger partial charge in [0.25, 0.3) is 17.5 Å². The third-order valence-corrected chi connectivity index (χ3v) is 4.90. The lowest BCUT2D eigenvalue weighted by atomic mass is 10.1. The van der Waals surface area contributed by atoms with E-state index in [1.54, 1.807) is 0 Å². The Bertz CT molecular complexity index is 686. The van der Waals surface area contributed by atoms with E-state index in [0.29, 0.717) is 11.5 Å². The Hall–Kier alpha value is -2.10. The fraction of sp³-hybridized carbons (Fsp3) is 0.533. The number of halogens is 2. The molecule has 1 aliphatic rings. The van der Waals surface area contributed by atoms with Crippen molar-refractivity contribution in [1.82, 2.24) is 4.90 Å². The number of methoxy groups -OCH3 is 1. The van der Waals surface area contributed by atoms with Gasteiger partial charge < -0.3 is 14.7 Å². The molecule has 25 heavy (non-hydrogen) atoms. The van der Waals surface area contributed by atoms with Crippen LogP contribution < -0.4 is 4.74 Å². The predicted molar refractivity (Wildman–Crippen MR) is 88.7 cm³/mol. The molecule has 138 valence electrons. The molecule has 0 saturated carbocycles. The molecule has 0 bridgehead atoms. The number of aromatic hydroxyl groups is 1. The molecule has 1 heterocycles. The number of nitro groups is 1. The van der Waals surface area contributed by atoms with E-state index in [1.165, 1.54) is 18.9 Å². The van der Waals surface area contributed by atoms with Crippen LogP contribution in [0.3, 0.4) is 0 Å². The average molecular weight is 376 g/mol. The van der Waals surface area contributed by atoms with Crippen LogP contribution in [-0.2, 0) is 0 Å². The number of carbonyl (C=O) groups excluding carboxylic acids is 1. The zero-order valence-electron chi connectivity index (χ0n) is 13.7. The smallest absolute Gasteiger partial charge is 0.286 e. The van der Waals surface area contributed by atoms with E-state index >= 15 is 0 Å². The zero-order valence-corrected chi connectivity index (χ0v) is 14.5. The number of thioether (sulfide) groups is 1. The van der Waals surface area contributed by atoms with E-state index in [1.807, 2.05) is 6.92 Å². The van der Waals surface area contributed by atoms with Gasteiger partial charge in [-0.3, -0.25) is 14.9 Å². The first-order valence-corrected chi connectivity index (χ1v) is 8.67. The van der Waals surface area contributed by atoms with E-state index in [9.17, 15) is 28.8 Å². The summed E-state index contributed by atoms with van der Waals surface area (Å²) in [5, 5.41) is 20.9. The van der Waals surface area contributed by atoms with Crippen LogP contribution in [-0.4, -0.2) is 58.0 Å². The lowest BCUT2D eigenvalue weighted by molar-refractivity contribution is -0.385. The number of nitrogens with zero attached hydrogens (tertiary/aromatic N) is 2. The number of ether oxygens (including phenoxy) is 1. The van der Waals surface area contributed by atoms with Crippen LogP contribution in [0.4, 0.5) is 14.5 Å². The van der Waals surface area contributed by atoms with E-state index in [-0.39, 0.29) is 11.3 Å². The molecule has 0 spiro atoms. The number of amides is 1.